The van der Waals surface area contributed by atoms with Crippen LogP contribution >= 0.6 is 0 Å². The second-order valence-electron chi connectivity index (χ2n) is 7.72. The van der Waals surface area contributed by atoms with Gasteiger partial charge in [0.05, 0.1) is 23.3 Å². The van der Waals surface area contributed by atoms with Crippen molar-refractivity contribution in [3.63, 3.8) is 0 Å². The Morgan fingerprint density at radius 2 is 1.71 bits per heavy atom. The van der Waals surface area contributed by atoms with Crippen LogP contribution in [0.2, 0.25) is 0 Å². The molecule has 0 radical (unpaired) electrons. The van der Waals surface area contributed by atoms with Gasteiger partial charge in [-0.15, -0.1) is 10.2 Å². The number of hydrogen-bond donors (Lipinski definition) is 0. The minimum Gasteiger partial charge on any atom is -0.496 e. The molecule has 4 aromatic rings. The normalized spacial score (nSPS) is 15.5. The zero-order valence-corrected chi connectivity index (χ0v) is 18.3. The molecular formula is C22H23N5O3S. The summed E-state index contributed by atoms with van der Waals surface area (Å²) in [6.45, 7) is 3.02. The second-order valence-corrected chi connectivity index (χ2v) is 9.65. The lowest BCUT2D eigenvalue weighted by Gasteiger charge is -2.26. The van der Waals surface area contributed by atoms with Gasteiger partial charge in [0.1, 0.15) is 5.75 Å². The molecule has 1 aliphatic rings. The van der Waals surface area contributed by atoms with Crippen LogP contribution in [0.4, 0.5) is 0 Å². The Labute approximate surface area is 180 Å². The minimum atomic E-state index is -3.60. The molecule has 2 aromatic heterocycles. The van der Waals surface area contributed by atoms with Crippen molar-refractivity contribution in [2.24, 2.45) is 0 Å². The van der Waals surface area contributed by atoms with Gasteiger partial charge in [0, 0.05) is 23.9 Å². The van der Waals surface area contributed by atoms with Crippen molar-refractivity contribution in [1.82, 2.24) is 24.1 Å². The maximum atomic E-state index is 13.2. The highest BCUT2D eigenvalue weighted by Gasteiger charge is 2.28. The lowest BCUT2D eigenvalue weighted by Crippen LogP contribution is -2.35. The fraction of sp³-hybridized carbons (Fsp3) is 0.318. The van der Waals surface area contributed by atoms with Crippen LogP contribution in [0.5, 0.6) is 5.75 Å². The minimum absolute atomic E-state index is 0.222. The molecule has 9 heteroatoms. The number of aryl methyl sites for hydroxylation is 1. The molecule has 5 rings (SSSR count). The monoisotopic (exact) mass is 437 g/mol. The van der Waals surface area contributed by atoms with E-state index in [1.807, 2.05) is 31.2 Å². The highest BCUT2D eigenvalue weighted by Crippen LogP contribution is 2.34. The number of benzene rings is 2. The molecule has 3 heterocycles. The van der Waals surface area contributed by atoms with E-state index in [9.17, 15) is 8.42 Å². The third-order valence-electron chi connectivity index (χ3n) is 5.81. The molecule has 1 fully saturated rings. The predicted molar refractivity (Wildman–Crippen MR) is 118 cm³/mol. The Morgan fingerprint density at radius 1 is 0.968 bits per heavy atom. The van der Waals surface area contributed by atoms with E-state index in [0.717, 1.165) is 35.7 Å². The van der Waals surface area contributed by atoms with Crippen LogP contribution in [0.3, 0.4) is 0 Å². The number of methoxy groups -OCH3 is 1. The zero-order chi connectivity index (χ0) is 21.6. The van der Waals surface area contributed by atoms with Crippen LogP contribution in [0.15, 0.2) is 47.4 Å². The largest absolute Gasteiger partial charge is 0.496 e. The Hall–Kier alpha value is -3.04. The molecule has 0 amide bonds. The summed E-state index contributed by atoms with van der Waals surface area (Å²) in [7, 11) is -2.05. The van der Waals surface area contributed by atoms with Gasteiger partial charge >= 0.3 is 0 Å². The molecular weight excluding hydrogens is 414 g/mol. The van der Waals surface area contributed by atoms with Gasteiger partial charge in [-0.25, -0.2) is 8.42 Å². The highest BCUT2D eigenvalue weighted by atomic mass is 32.2. The van der Waals surface area contributed by atoms with Gasteiger partial charge in [0.15, 0.2) is 11.5 Å². The van der Waals surface area contributed by atoms with Crippen LogP contribution in [-0.4, -0.2) is 52.7 Å². The maximum Gasteiger partial charge on any atom is 0.243 e. The molecule has 0 atom stereocenters. The van der Waals surface area contributed by atoms with E-state index >= 15 is 0 Å². The van der Waals surface area contributed by atoms with Gasteiger partial charge in [-0.05, 0) is 38.0 Å². The number of ether oxygens (including phenoxy) is 1. The summed E-state index contributed by atoms with van der Waals surface area (Å²) in [5.74, 6) is 0.955. The molecule has 31 heavy (non-hydrogen) atoms. The smallest absolute Gasteiger partial charge is 0.243 e. The first-order chi connectivity index (χ1) is 15.0. The van der Waals surface area contributed by atoms with Crippen LogP contribution in [0, 0.1) is 6.92 Å². The van der Waals surface area contributed by atoms with Gasteiger partial charge in [0.25, 0.3) is 0 Å². The number of sulfonamides is 1. The van der Waals surface area contributed by atoms with E-state index in [2.05, 4.69) is 15.3 Å². The number of aromatic nitrogens is 4. The van der Waals surface area contributed by atoms with Crippen molar-refractivity contribution < 1.29 is 13.2 Å². The Balaban J connectivity index is 1.70. The summed E-state index contributed by atoms with van der Waals surface area (Å²) in [5.41, 5.74) is 1.98. The van der Waals surface area contributed by atoms with Crippen molar-refractivity contribution in [3.05, 3.63) is 48.2 Å². The van der Waals surface area contributed by atoms with Crippen molar-refractivity contribution in [2.45, 2.75) is 31.1 Å². The molecule has 0 saturated carbocycles. The number of nitrogens with zero attached hydrogens (tertiary/aromatic N) is 5. The maximum absolute atomic E-state index is 13.2. The van der Waals surface area contributed by atoms with Gasteiger partial charge < -0.3 is 4.74 Å². The average molecular weight is 438 g/mol. The van der Waals surface area contributed by atoms with Crippen molar-refractivity contribution in [1.29, 1.82) is 0 Å². The van der Waals surface area contributed by atoms with Crippen molar-refractivity contribution in [2.75, 3.05) is 20.2 Å². The summed E-state index contributed by atoms with van der Waals surface area (Å²) >= 11 is 0. The van der Waals surface area contributed by atoms with Crippen molar-refractivity contribution >= 4 is 26.4 Å². The topological polar surface area (TPSA) is 89.7 Å². The second kappa shape index (κ2) is 7.58. The van der Waals surface area contributed by atoms with E-state index in [-0.39, 0.29) is 4.90 Å². The molecule has 2 aromatic carbocycles. The number of piperidine rings is 1. The lowest BCUT2D eigenvalue weighted by molar-refractivity contribution is 0.346. The summed E-state index contributed by atoms with van der Waals surface area (Å²) in [6, 6.07) is 12.8. The molecule has 0 aliphatic carbocycles. The van der Waals surface area contributed by atoms with Gasteiger partial charge in [-0.3, -0.25) is 0 Å². The third kappa shape index (κ3) is 3.24. The Morgan fingerprint density at radius 3 is 2.45 bits per heavy atom. The molecule has 160 valence electrons. The summed E-state index contributed by atoms with van der Waals surface area (Å²) in [4.78, 5) is 0.222. The van der Waals surface area contributed by atoms with Gasteiger partial charge in [0.2, 0.25) is 10.0 Å². The molecule has 1 aliphatic heterocycles. The summed E-state index contributed by atoms with van der Waals surface area (Å²) in [5, 5.41) is 15.3. The number of hydrogen-bond acceptors (Lipinski definition) is 6. The van der Waals surface area contributed by atoms with E-state index in [1.165, 1.54) is 0 Å². The molecule has 0 unspecified atom stereocenters. The first-order valence-corrected chi connectivity index (χ1v) is 11.7. The Bertz CT molecular complexity index is 1390. The fourth-order valence-corrected chi connectivity index (χ4v) is 5.73. The van der Waals surface area contributed by atoms with Crippen LogP contribution < -0.4 is 4.74 Å². The Kier molecular flexibility index (Phi) is 4.86. The van der Waals surface area contributed by atoms with E-state index in [4.69, 9.17) is 4.74 Å². The fourth-order valence-electron chi connectivity index (χ4n) is 4.18. The van der Waals surface area contributed by atoms with Gasteiger partial charge in [-0.1, -0.05) is 30.7 Å². The highest BCUT2D eigenvalue weighted by molar-refractivity contribution is 7.89. The number of fused-ring (bicyclic) bond motifs is 3. The standard InChI is InChI=1S/C22H23N5O3S/c1-15-17-8-4-5-9-18(17)21-23-24-22(27(21)25-15)19-14-16(10-11-20(19)30-2)31(28,29)26-12-6-3-7-13-26/h4-5,8-11,14H,3,6-7,12-13H2,1-2H3. The van der Waals surface area contributed by atoms with Crippen molar-refractivity contribution in [3.8, 4) is 17.1 Å². The summed E-state index contributed by atoms with van der Waals surface area (Å²) < 4.78 is 35.2. The van der Waals surface area contributed by atoms with Crippen LogP contribution in [-0.2, 0) is 10.0 Å². The van der Waals surface area contributed by atoms with E-state index in [1.54, 1.807) is 34.1 Å². The quantitative estimate of drug-likeness (QED) is 0.486. The lowest BCUT2D eigenvalue weighted by atomic mass is 10.1. The number of rotatable bonds is 4. The SMILES string of the molecule is COc1ccc(S(=O)(=O)N2CCCCC2)cc1-c1nnc2c3ccccc3c(C)nn12. The third-order valence-corrected chi connectivity index (χ3v) is 7.71. The van der Waals surface area contributed by atoms with E-state index in [0.29, 0.717) is 35.9 Å². The molecule has 0 bridgehead atoms. The molecule has 8 nitrogen and oxygen atoms in total. The summed E-state index contributed by atoms with van der Waals surface area (Å²) in [6.07, 6.45) is 2.82. The average Bonchev–Trinajstić information content (AvgIpc) is 3.23. The van der Waals surface area contributed by atoms with Crippen LogP contribution in [0.1, 0.15) is 25.0 Å². The zero-order valence-electron chi connectivity index (χ0n) is 17.4. The van der Waals surface area contributed by atoms with E-state index < -0.39 is 10.0 Å². The molecule has 1 saturated heterocycles. The van der Waals surface area contributed by atoms with Gasteiger partial charge in [-0.2, -0.15) is 13.9 Å². The molecule has 0 spiro atoms. The predicted octanol–water partition coefficient (Wildman–Crippen LogP) is 3.44. The first kappa shape index (κ1) is 19.9. The molecule has 0 N–H and O–H groups in total. The van der Waals surface area contributed by atoms with Crippen LogP contribution in [0.25, 0.3) is 27.8 Å². The first-order valence-electron chi connectivity index (χ1n) is 10.3.